The Kier molecular flexibility index (Phi) is 4.20. The van der Waals surface area contributed by atoms with E-state index in [1.54, 1.807) is 17.2 Å². The number of aromatic nitrogens is 3. The maximum atomic E-state index is 12.8. The molecule has 6 nitrogen and oxygen atoms in total. The van der Waals surface area contributed by atoms with Crippen molar-refractivity contribution in [1.29, 1.82) is 0 Å². The lowest BCUT2D eigenvalue weighted by Gasteiger charge is -2.39. The molecular weight excluding hydrogens is 278 g/mol. The molecule has 0 bridgehead atoms. The number of nitrogens with two attached hydrogens (primary N) is 1. The molecule has 1 aromatic carbocycles. The third kappa shape index (κ3) is 2.74. The van der Waals surface area contributed by atoms with Crippen LogP contribution in [0.1, 0.15) is 30.1 Å². The smallest absolute Gasteiger partial charge is 0.254 e. The van der Waals surface area contributed by atoms with Crippen molar-refractivity contribution in [2.75, 3.05) is 13.1 Å². The first-order valence-electron chi connectivity index (χ1n) is 7.67. The van der Waals surface area contributed by atoms with Gasteiger partial charge in [0.15, 0.2) is 0 Å². The number of carbonyl (C=O) groups excluding carboxylic acids is 1. The van der Waals surface area contributed by atoms with Crippen molar-refractivity contribution in [2.45, 2.75) is 25.8 Å². The molecule has 2 atom stereocenters. The van der Waals surface area contributed by atoms with Crippen molar-refractivity contribution in [2.24, 2.45) is 11.7 Å². The molecule has 2 aromatic rings. The molecule has 6 heteroatoms. The summed E-state index contributed by atoms with van der Waals surface area (Å²) in [7, 11) is 0. The molecule has 0 spiro atoms. The fraction of sp³-hybridized carbons (Fsp3) is 0.438. The van der Waals surface area contributed by atoms with E-state index in [0.29, 0.717) is 18.0 Å². The molecule has 0 radical (unpaired) electrons. The second-order valence-corrected chi connectivity index (χ2v) is 5.84. The van der Waals surface area contributed by atoms with Gasteiger partial charge in [-0.3, -0.25) is 9.36 Å². The average Bonchev–Trinajstić information content (AvgIpc) is 3.08. The van der Waals surface area contributed by atoms with E-state index < -0.39 is 0 Å². The Morgan fingerprint density at radius 3 is 2.59 bits per heavy atom. The van der Waals surface area contributed by atoms with E-state index >= 15 is 0 Å². The molecule has 3 rings (SSSR count). The maximum absolute atomic E-state index is 12.8. The SMILES string of the molecule is C[C@H]1CCCN(C(=O)c2ccc(-n3cnnc3)cc2)[C@@H]1CN. The number of hydrogen-bond donors (Lipinski definition) is 1. The Hall–Kier alpha value is -2.21. The van der Waals surface area contributed by atoms with Crippen LogP contribution in [0.2, 0.25) is 0 Å². The van der Waals surface area contributed by atoms with Crippen molar-refractivity contribution in [3.05, 3.63) is 42.5 Å². The number of amides is 1. The van der Waals surface area contributed by atoms with Crippen LogP contribution < -0.4 is 5.73 Å². The van der Waals surface area contributed by atoms with Crippen LogP contribution in [0.3, 0.4) is 0 Å². The molecule has 116 valence electrons. The minimum Gasteiger partial charge on any atom is -0.334 e. The molecule has 22 heavy (non-hydrogen) atoms. The lowest BCUT2D eigenvalue weighted by Crippen LogP contribution is -2.51. The molecule has 0 aliphatic carbocycles. The number of likely N-dealkylation sites (tertiary alicyclic amines) is 1. The summed E-state index contributed by atoms with van der Waals surface area (Å²) in [4.78, 5) is 14.7. The summed E-state index contributed by atoms with van der Waals surface area (Å²) in [5.74, 6) is 0.524. The van der Waals surface area contributed by atoms with Gasteiger partial charge < -0.3 is 10.6 Å². The number of nitrogens with zero attached hydrogens (tertiary/aromatic N) is 4. The predicted octanol–water partition coefficient (Wildman–Crippen LogP) is 1.47. The van der Waals surface area contributed by atoms with E-state index in [4.69, 9.17) is 5.73 Å². The first-order valence-corrected chi connectivity index (χ1v) is 7.67. The highest BCUT2D eigenvalue weighted by atomic mass is 16.2. The Morgan fingerprint density at radius 2 is 1.95 bits per heavy atom. The van der Waals surface area contributed by atoms with E-state index in [2.05, 4.69) is 17.1 Å². The van der Waals surface area contributed by atoms with Crippen molar-refractivity contribution in [3.8, 4) is 5.69 Å². The highest BCUT2D eigenvalue weighted by Gasteiger charge is 2.31. The minimum atomic E-state index is 0.0670. The number of benzene rings is 1. The van der Waals surface area contributed by atoms with Crippen LogP contribution in [-0.2, 0) is 0 Å². The van der Waals surface area contributed by atoms with Crippen LogP contribution in [0.25, 0.3) is 5.69 Å². The number of rotatable bonds is 3. The summed E-state index contributed by atoms with van der Waals surface area (Å²) in [6.45, 7) is 3.48. The van der Waals surface area contributed by atoms with Crippen LogP contribution in [0, 0.1) is 5.92 Å². The molecule has 1 aliphatic heterocycles. The molecule has 1 saturated heterocycles. The monoisotopic (exact) mass is 299 g/mol. The van der Waals surface area contributed by atoms with Crippen LogP contribution in [0.5, 0.6) is 0 Å². The van der Waals surface area contributed by atoms with Gasteiger partial charge in [-0.05, 0) is 43.0 Å². The summed E-state index contributed by atoms with van der Waals surface area (Å²) in [6.07, 6.45) is 5.45. The highest BCUT2D eigenvalue weighted by Crippen LogP contribution is 2.24. The third-order valence-electron chi connectivity index (χ3n) is 4.45. The Balaban J connectivity index is 1.79. The van der Waals surface area contributed by atoms with Gasteiger partial charge in [0.1, 0.15) is 12.7 Å². The molecule has 1 fully saturated rings. The fourth-order valence-electron chi connectivity index (χ4n) is 3.14. The van der Waals surface area contributed by atoms with Gasteiger partial charge in [-0.2, -0.15) is 0 Å². The minimum absolute atomic E-state index is 0.0670. The zero-order valence-electron chi connectivity index (χ0n) is 12.7. The average molecular weight is 299 g/mol. The van der Waals surface area contributed by atoms with E-state index in [0.717, 1.165) is 25.1 Å². The molecule has 2 heterocycles. The zero-order valence-corrected chi connectivity index (χ0v) is 12.7. The molecule has 1 amide bonds. The van der Waals surface area contributed by atoms with Crippen molar-refractivity contribution < 1.29 is 4.79 Å². The van der Waals surface area contributed by atoms with Gasteiger partial charge in [-0.15, -0.1) is 10.2 Å². The van der Waals surface area contributed by atoms with Gasteiger partial charge in [0.25, 0.3) is 5.91 Å². The van der Waals surface area contributed by atoms with E-state index in [9.17, 15) is 4.79 Å². The predicted molar refractivity (Wildman–Crippen MR) is 83.6 cm³/mol. The summed E-state index contributed by atoms with van der Waals surface area (Å²) >= 11 is 0. The summed E-state index contributed by atoms with van der Waals surface area (Å²) in [6, 6.07) is 7.65. The van der Waals surface area contributed by atoms with E-state index in [1.807, 2.05) is 29.2 Å². The van der Waals surface area contributed by atoms with Crippen LogP contribution in [0.4, 0.5) is 0 Å². The van der Waals surface area contributed by atoms with E-state index in [1.165, 1.54) is 0 Å². The molecule has 1 aliphatic rings. The maximum Gasteiger partial charge on any atom is 0.254 e. The van der Waals surface area contributed by atoms with Gasteiger partial charge in [0, 0.05) is 30.4 Å². The molecule has 2 N–H and O–H groups in total. The number of piperidine rings is 1. The first kappa shape index (κ1) is 14.7. The highest BCUT2D eigenvalue weighted by molar-refractivity contribution is 5.94. The second-order valence-electron chi connectivity index (χ2n) is 5.84. The van der Waals surface area contributed by atoms with Crippen molar-refractivity contribution in [1.82, 2.24) is 19.7 Å². The van der Waals surface area contributed by atoms with Crippen molar-refractivity contribution >= 4 is 5.91 Å². The van der Waals surface area contributed by atoms with Gasteiger partial charge in [-0.25, -0.2) is 0 Å². The van der Waals surface area contributed by atoms with E-state index in [-0.39, 0.29) is 11.9 Å². The normalized spacial score (nSPS) is 21.8. The Labute approximate surface area is 129 Å². The molecule has 0 saturated carbocycles. The van der Waals surface area contributed by atoms with Gasteiger partial charge in [0.05, 0.1) is 0 Å². The van der Waals surface area contributed by atoms with Crippen LogP contribution in [0.15, 0.2) is 36.9 Å². The fourth-order valence-corrected chi connectivity index (χ4v) is 3.14. The Morgan fingerprint density at radius 1 is 1.27 bits per heavy atom. The van der Waals surface area contributed by atoms with Gasteiger partial charge in [0.2, 0.25) is 0 Å². The first-order chi connectivity index (χ1) is 10.7. The van der Waals surface area contributed by atoms with Crippen molar-refractivity contribution in [3.63, 3.8) is 0 Å². The summed E-state index contributed by atoms with van der Waals surface area (Å²) < 4.78 is 1.81. The Bertz CT molecular complexity index is 622. The standard InChI is InChI=1S/C16H21N5O/c1-12-3-2-8-21(15(12)9-17)16(22)13-4-6-14(7-5-13)20-10-18-19-11-20/h4-7,10-12,15H,2-3,8-9,17H2,1H3/t12-,15+/m0/s1. The summed E-state index contributed by atoms with van der Waals surface area (Å²) in [5, 5.41) is 7.57. The number of carbonyl (C=O) groups is 1. The van der Waals surface area contributed by atoms with Gasteiger partial charge in [-0.1, -0.05) is 6.92 Å². The molecule has 0 unspecified atom stereocenters. The zero-order chi connectivity index (χ0) is 15.5. The number of hydrogen-bond acceptors (Lipinski definition) is 4. The third-order valence-corrected chi connectivity index (χ3v) is 4.45. The quantitative estimate of drug-likeness (QED) is 0.931. The second kappa shape index (κ2) is 6.27. The van der Waals surface area contributed by atoms with Gasteiger partial charge >= 0.3 is 0 Å². The summed E-state index contributed by atoms with van der Waals surface area (Å²) in [5.41, 5.74) is 7.51. The van der Waals surface area contributed by atoms with Crippen LogP contribution in [-0.4, -0.2) is 44.7 Å². The largest absolute Gasteiger partial charge is 0.334 e. The molecule has 1 aromatic heterocycles. The van der Waals surface area contributed by atoms with Crippen LogP contribution >= 0.6 is 0 Å². The molecular formula is C16H21N5O. The lowest BCUT2D eigenvalue weighted by atomic mass is 9.90. The topological polar surface area (TPSA) is 77.0 Å². The lowest BCUT2D eigenvalue weighted by molar-refractivity contribution is 0.0532.